The Bertz CT molecular complexity index is 3650. The normalized spacial score (nSPS) is 29.2. The van der Waals surface area contributed by atoms with Crippen molar-refractivity contribution < 1.29 is 104 Å². The monoisotopic (exact) mass is 1210 g/mol. The number of hydrogen-bond acceptors (Lipinski definition) is 29. The Hall–Kier alpha value is -5.64. The van der Waals surface area contributed by atoms with Gasteiger partial charge in [0, 0.05) is 33.5 Å². The number of anilines is 3. The van der Waals surface area contributed by atoms with E-state index >= 15 is 0 Å². The number of imidazole rings is 3. The fourth-order valence-electron chi connectivity index (χ4n) is 9.06. The van der Waals surface area contributed by atoms with Crippen molar-refractivity contribution in [3.8, 4) is 0 Å². The Morgan fingerprint density at radius 3 is 2.14 bits per heavy atom. The molecule has 4 unspecified atom stereocenters. The molecule has 15 N–H and O–H groups in total. The quantitative estimate of drug-likeness (QED) is 0.0237. The molecule has 9 rings (SSSR count). The summed E-state index contributed by atoms with van der Waals surface area (Å²) in [7, 11) is -17.9. The Labute approximate surface area is 445 Å². The Kier molecular flexibility index (Phi) is 16.4. The lowest BCUT2D eigenvalue weighted by atomic mass is 9.94. The second-order valence-corrected chi connectivity index (χ2v) is 24.6. The van der Waals surface area contributed by atoms with E-state index < -0.39 is 148 Å². The summed E-state index contributed by atoms with van der Waals surface area (Å²) in [6.45, 7) is -3.32. The van der Waals surface area contributed by atoms with Crippen LogP contribution in [0, 0.1) is 5.92 Å². The van der Waals surface area contributed by atoms with Crippen LogP contribution >= 0.6 is 31.1 Å². The SMILES string of the molecule is CO[C@@H]1[C@H](OP(=O)([O-])OC[C@H]2O[C@@H](n3cnc4c(=O)[nH]c(N)nc43)[C@H](O)[C@@H]2O)[C@@H](COP(=O)(O)NP(=O)(O)OP(=O)(O)OC[C@H]2O[C@@H]([n+]3cn(C)c4c(=O)[nH]c(N)nc43)[C@H](O)[C@@H]2CC(=O)N(C)C)O[C@H]1n1cnc2c(N)ncnc21. The minimum Gasteiger partial charge on any atom is -0.756 e. The van der Waals surface area contributed by atoms with Crippen molar-refractivity contribution in [2.75, 3.05) is 58.2 Å². The number of nitrogens with two attached hydrogens (primary N) is 3. The highest BCUT2D eigenvalue weighted by molar-refractivity contribution is 7.71. The van der Waals surface area contributed by atoms with E-state index in [4.69, 9.17) is 54.2 Å². The average Bonchev–Trinajstić information content (AvgIpc) is 4.23. The van der Waals surface area contributed by atoms with Gasteiger partial charge >= 0.3 is 29.0 Å². The van der Waals surface area contributed by atoms with Crippen LogP contribution in [-0.2, 0) is 71.5 Å². The van der Waals surface area contributed by atoms with Crippen LogP contribution in [0.2, 0.25) is 0 Å². The molecule has 16 atom stereocenters. The van der Waals surface area contributed by atoms with Crippen molar-refractivity contribution in [2.45, 2.75) is 73.9 Å². The van der Waals surface area contributed by atoms with Crippen molar-refractivity contribution in [2.24, 2.45) is 13.0 Å². The molecule has 40 nitrogen and oxygen atoms in total. The van der Waals surface area contributed by atoms with Gasteiger partial charge in [-0.3, -0.25) is 51.7 Å². The lowest BCUT2D eigenvalue weighted by Gasteiger charge is -2.31. The van der Waals surface area contributed by atoms with Crippen LogP contribution in [0.3, 0.4) is 0 Å². The number of nitrogens with one attached hydrogen (secondary N) is 3. The molecule has 6 aromatic rings. The molecular formula is C36H51N17O23P4. The van der Waals surface area contributed by atoms with Crippen LogP contribution in [0.15, 0.2) is 34.9 Å². The fraction of sp³-hybridized carbons (Fsp3) is 0.556. The highest BCUT2D eigenvalue weighted by Gasteiger charge is 2.53. The largest absolute Gasteiger partial charge is 0.756 e. The molecule has 3 saturated heterocycles. The maximum absolute atomic E-state index is 13.6. The van der Waals surface area contributed by atoms with Crippen molar-refractivity contribution in [3.05, 3.63) is 46.0 Å². The Balaban J connectivity index is 0.879. The molecule has 0 aliphatic carbocycles. The number of carbonyl (C=O) groups excluding carboxylic acids is 1. The van der Waals surface area contributed by atoms with Crippen LogP contribution in [-0.4, -0.2) is 184 Å². The number of nitrogens with zero attached hydrogens (tertiary/aromatic N) is 11. The van der Waals surface area contributed by atoms with Gasteiger partial charge in [0.05, 0.1) is 45.6 Å². The number of nitrogen functional groups attached to an aromatic ring is 3. The minimum absolute atomic E-state index is 0.000984. The van der Waals surface area contributed by atoms with Crippen LogP contribution < -0.4 is 42.6 Å². The summed E-state index contributed by atoms with van der Waals surface area (Å²) in [5, 5.41) is 33.2. The molecule has 0 radical (unpaired) electrons. The van der Waals surface area contributed by atoms with E-state index in [0.29, 0.717) is 0 Å². The van der Waals surface area contributed by atoms with Gasteiger partial charge in [-0.2, -0.15) is 9.29 Å². The Morgan fingerprint density at radius 1 is 0.800 bits per heavy atom. The van der Waals surface area contributed by atoms with Gasteiger partial charge in [0.1, 0.15) is 54.6 Å². The first-order valence-corrected chi connectivity index (χ1v) is 29.2. The van der Waals surface area contributed by atoms with Gasteiger partial charge in [0.25, 0.3) is 24.9 Å². The van der Waals surface area contributed by atoms with Gasteiger partial charge in [0.2, 0.25) is 23.6 Å². The molecule has 44 heteroatoms. The van der Waals surface area contributed by atoms with E-state index in [0.717, 1.165) is 30.7 Å². The number of aromatic amines is 2. The summed E-state index contributed by atoms with van der Waals surface area (Å²) in [6.07, 6.45) is -14.0. The van der Waals surface area contributed by atoms with E-state index in [1.54, 1.807) is 0 Å². The van der Waals surface area contributed by atoms with Gasteiger partial charge < -0.3 is 85.0 Å². The number of phosphoric ester groups is 2. The number of methoxy groups -OCH3 is 1. The summed E-state index contributed by atoms with van der Waals surface area (Å²) >= 11 is 0. The molecule has 438 valence electrons. The summed E-state index contributed by atoms with van der Waals surface area (Å²) in [4.78, 5) is 115. The predicted molar refractivity (Wildman–Crippen MR) is 260 cm³/mol. The minimum atomic E-state index is -6.00. The highest BCUT2D eigenvalue weighted by atomic mass is 31.3. The number of aryl methyl sites for hydroxylation is 1. The fourth-order valence-corrected chi connectivity index (χ4v) is 14.0. The standard InChI is InChI=1S/C36H51N17O23P4/c1-49(2)17(54)5-13-14(72-32(21(13)55)53-12-50(3)20-29(53)45-36(39)47-31(20)59)6-71-80(66,67)76-78(62,63)48-77(60,61)69-8-16-24(25(68-4)34(74-16)51-10-42-18-26(37)40-9-41-27(18)51)75-79(64,65)70-7-15-22(56)23(57)33(73-15)52-11-43-19-28(52)44-35(38)46-30(19)58/h9-16,21-25,32-34,55-57H,5-8H2,1-4H3,(H12-,37,38,39,40,41,44,45,46,47,48,58,59,60,61,62,63,64,65,66,67)/t13-,14-,15-,16-,21-,22-,23-,24-,25-,32-,33-,34-/m1/s1. The molecular weight excluding hydrogens is 1160 g/mol. The van der Waals surface area contributed by atoms with Crippen LogP contribution in [0.1, 0.15) is 25.1 Å². The van der Waals surface area contributed by atoms with Crippen LogP contribution in [0.25, 0.3) is 33.5 Å². The number of aliphatic hydroxyl groups excluding tert-OH is 3. The lowest BCUT2D eigenvalue weighted by Crippen LogP contribution is -2.45. The number of hydrogen-bond donors (Lipinski definition) is 12. The maximum atomic E-state index is 13.6. The van der Waals surface area contributed by atoms with Crippen molar-refractivity contribution >= 4 is 88.3 Å². The van der Waals surface area contributed by atoms with E-state index in [-0.39, 0.29) is 51.2 Å². The van der Waals surface area contributed by atoms with Crippen molar-refractivity contribution in [3.63, 3.8) is 0 Å². The number of aliphatic hydroxyl groups is 3. The van der Waals surface area contributed by atoms with E-state index in [1.807, 2.05) is 0 Å². The number of ether oxygens (including phenoxy) is 4. The highest BCUT2D eigenvalue weighted by Crippen LogP contribution is 2.62. The molecule has 0 aromatic carbocycles. The van der Waals surface area contributed by atoms with Crippen molar-refractivity contribution in [1.29, 1.82) is 0 Å². The molecule has 0 spiro atoms. The van der Waals surface area contributed by atoms with Crippen LogP contribution in [0.4, 0.5) is 17.7 Å². The zero-order chi connectivity index (χ0) is 58.1. The molecule has 9 heterocycles. The zero-order valence-corrected chi connectivity index (χ0v) is 45.2. The van der Waals surface area contributed by atoms with Gasteiger partial charge in [0.15, 0.2) is 41.4 Å². The first-order chi connectivity index (χ1) is 37.5. The number of aromatic nitrogens is 12. The zero-order valence-electron chi connectivity index (χ0n) is 41.6. The van der Waals surface area contributed by atoms with E-state index in [1.165, 1.54) is 50.9 Å². The first kappa shape index (κ1) is 59.0. The van der Waals surface area contributed by atoms with Crippen LogP contribution in [0.5, 0.6) is 0 Å². The van der Waals surface area contributed by atoms with Crippen molar-refractivity contribution in [1.82, 2.24) is 63.3 Å². The third kappa shape index (κ3) is 12.0. The number of H-pyrrole nitrogens is 2. The second kappa shape index (κ2) is 22.3. The average molecular weight is 1210 g/mol. The van der Waals surface area contributed by atoms with E-state index in [2.05, 4.69) is 44.2 Å². The number of amides is 1. The predicted octanol–water partition coefficient (Wildman–Crippen LogP) is -5.04. The molecule has 6 aromatic heterocycles. The summed E-state index contributed by atoms with van der Waals surface area (Å²) in [6, 6.07) is 0. The topological polar surface area (TPSA) is 568 Å². The Morgan fingerprint density at radius 2 is 1.44 bits per heavy atom. The van der Waals surface area contributed by atoms with E-state index in [9.17, 15) is 67.5 Å². The maximum Gasteiger partial charge on any atom is 0.480 e. The smallest absolute Gasteiger partial charge is 0.480 e. The first-order valence-electron chi connectivity index (χ1n) is 23.0. The molecule has 1 amide bonds. The number of phosphoric acid groups is 2. The molecule has 80 heavy (non-hydrogen) atoms. The third-order valence-electron chi connectivity index (χ3n) is 12.7. The third-order valence-corrected chi connectivity index (χ3v) is 18.4. The molecule has 0 saturated carbocycles. The molecule has 3 aliphatic rings. The molecule has 0 bridgehead atoms. The van der Waals surface area contributed by atoms with Gasteiger partial charge in [-0.05, 0) is 0 Å². The lowest BCUT2D eigenvalue weighted by molar-refractivity contribution is -0.745. The summed E-state index contributed by atoms with van der Waals surface area (Å²) in [5.74, 6) is -2.49. The number of fused-ring (bicyclic) bond motifs is 3. The summed E-state index contributed by atoms with van der Waals surface area (Å²) in [5.41, 5.74) is 15.6. The second-order valence-electron chi connectivity index (χ2n) is 18.2. The van der Waals surface area contributed by atoms with Gasteiger partial charge in [-0.25, -0.2) is 38.2 Å². The number of carbonyl (C=O) groups is 1. The number of rotatable bonds is 21. The molecule has 3 aliphatic heterocycles. The van der Waals surface area contributed by atoms with Gasteiger partial charge in [-0.15, -0.1) is 4.86 Å². The van der Waals surface area contributed by atoms with Gasteiger partial charge in [-0.1, -0.05) is 4.98 Å². The molecule has 3 fully saturated rings. The summed E-state index contributed by atoms with van der Waals surface area (Å²) < 4.78 is 106.